The molecular formula is C30H35N3OS. The molecule has 0 saturated carbocycles. The molecule has 0 aliphatic carbocycles. The van der Waals surface area contributed by atoms with Crippen LogP contribution in [0.15, 0.2) is 83.8 Å². The van der Waals surface area contributed by atoms with Gasteiger partial charge in [0.2, 0.25) is 5.91 Å². The zero-order chi connectivity index (χ0) is 24.5. The average Bonchev–Trinajstić information content (AvgIpc) is 3.24. The van der Waals surface area contributed by atoms with Crippen molar-refractivity contribution in [3.05, 3.63) is 95.8 Å². The van der Waals surface area contributed by atoms with E-state index in [0.717, 1.165) is 54.0 Å². The van der Waals surface area contributed by atoms with Crippen LogP contribution in [0.2, 0.25) is 0 Å². The number of carbonyl (C=O) groups is 1. The van der Waals surface area contributed by atoms with Gasteiger partial charge >= 0.3 is 0 Å². The molecule has 0 radical (unpaired) electrons. The molecular weight excluding hydrogens is 450 g/mol. The lowest BCUT2D eigenvalue weighted by Crippen LogP contribution is -2.33. The van der Waals surface area contributed by atoms with Gasteiger partial charge in [-0.25, -0.2) is 4.98 Å². The van der Waals surface area contributed by atoms with Crippen molar-refractivity contribution in [2.24, 2.45) is 0 Å². The summed E-state index contributed by atoms with van der Waals surface area (Å²) in [6.45, 7) is 5.31. The maximum Gasteiger partial charge on any atom is 0.225 e. The molecule has 3 aromatic carbocycles. The van der Waals surface area contributed by atoms with Crippen LogP contribution in [0.4, 0.5) is 0 Å². The van der Waals surface area contributed by atoms with Crippen molar-refractivity contribution in [3.8, 4) is 0 Å². The monoisotopic (exact) mass is 485 g/mol. The second-order valence-electron chi connectivity index (χ2n) is 8.95. The van der Waals surface area contributed by atoms with Gasteiger partial charge in [-0.05, 0) is 54.3 Å². The predicted molar refractivity (Wildman–Crippen MR) is 147 cm³/mol. The van der Waals surface area contributed by atoms with E-state index >= 15 is 0 Å². The summed E-state index contributed by atoms with van der Waals surface area (Å²) in [5, 5.41) is 3.33. The topological polar surface area (TPSA) is 46.9 Å². The van der Waals surface area contributed by atoms with Gasteiger partial charge < -0.3 is 9.88 Å². The number of unbranched alkanes of at least 4 members (excludes halogenated alkanes) is 1. The summed E-state index contributed by atoms with van der Waals surface area (Å²) >= 11 is 1.87. The fourth-order valence-electron chi connectivity index (χ4n) is 4.34. The molecule has 5 heteroatoms. The number of hydrogen-bond donors (Lipinski definition) is 1. The lowest BCUT2D eigenvalue weighted by Gasteiger charge is -2.21. The standard InChI is InChI=1S/C30H35N3OS/c1-3-5-18-33-28-17-16-25(35-19-4-2)22-26(28)32-30(33)27(20-23-12-8-6-9-13-23)31-29(34)21-24-14-10-7-11-15-24/h6-17,22,27H,3-5,18-21H2,1-2H3,(H,31,34). The van der Waals surface area contributed by atoms with Crippen molar-refractivity contribution >= 4 is 28.7 Å². The third-order valence-corrected chi connectivity index (χ3v) is 7.29. The van der Waals surface area contributed by atoms with Gasteiger partial charge in [0, 0.05) is 11.4 Å². The first-order valence-corrected chi connectivity index (χ1v) is 13.7. The van der Waals surface area contributed by atoms with Crippen LogP contribution >= 0.6 is 11.8 Å². The Morgan fingerprint density at radius 1 is 0.943 bits per heavy atom. The smallest absolute Gasteiger partial charge is 0.225 e. The summed E-state index contributed by atoms with van der Waals surface area (Å²) in [5.74, 6) is 2.06. The molecule has 4 rings (SSSR count). The minimum absolute atomic E-state index is 0.0189. The normalized spacial score (nSPS) is 12.1. The van der Waals surface area contributed by atoms with E-state index in [1.807, 2.05) is 48.2 Å². The number of benzene rings is 3. The summed E-state index contributed by atoms with van der Waals surface area (Å²) in [4.78, 5) is 19.5. The van der Waals surface area contributed by atoms with Crippen LogP contribution in [0.5, 0.6) is 0 Å². The predicted octanol–water partition coefficient (Wildman–Crippen LogP) is 6.98. The van der Waals surface area contributed by atoms with E-state index in [0.29, 0.717) is 12.8 Å². The molecule has 0 bridgehead atoms. The van der Waals surface area contributed by atoms with Crippen LogP contribution in [-0.2, 0) is 24.2 Å². The quantitative estimate of drug-likeness (QED) is 0.220. The number of fused-ring (bicyclic) bond motifs is 1. The van der Waals surface area contributed by atoms with Gasteiger partial charge in [-0.3, -0.25) is 4.79 Å². The Bertz CT molecular complexity index is 1220. The Morgan fingerprint density at radius 3 is 2.34 bits per heavy atom. The number of hydrogen-bond acceptors (Lipinski definition) is 3. The SMILES string of the molecule is CCCCn1c(C(Cc2ccccc2)NC(=O)Cc2ccccc2)nc2cc(SCCC)ccc21. The fourth-order valence-corrected chi connectivity index (χ4v) is 5.14. The number of carbonyl (C=O) groups excluding carboxylic acids is 1. The van der Waals surface area contributed by atoms with Gasteiger partial charge in [0.15, 0.2) is 0 Å². The summed E-state index contributed by atoms with van der Waals surface area (Å²) < 4.78 is 2.32. The molecule has 1 unspecified atom stereocenters. The van der Waals surface area contributed by atoms with Crippen molar-refractivity contribution in [2.75, 3.05) is 5.75 Å². The van der Waals surface area contributed by atoms with E-state index in [4.69, 9.17) is 4.98 Å². The van der Waals surface area contributed by atoms with E-state index in [-0.39, 0.29) is 11.9 Å². The summed E-state index contributed by atoms with van der Waals surface area (Å²) in [5.41, 5.74) is 4.35. The first kappa shape index (κ1) is 25.1. The molecule has 1 heterocycles. The van der Waals surface area contributed by atoms with E-state index < -0.39 is 0 Å². The summed E-state index contributed by atoms with van der Waals surface area (Å²) in [6, 6.07) is 26.7. The highest BCUT2D eigenvalue weighted by Crippen LogP contribution is 2.28. The number of aromatic nitrogens is 2. The zero-order valence-electron chi connectivity index (χ0n) is 20.7. The molecule has 0 spiro atoms. The van der Waals surface area contributed by atoms with Crippen LogP contribution in [0.1, 0.15) is 56.1 Å². The average molecular weight is 486 g/mol. The molecule has 35 heavy (non-hydrogen) atoms. The van der Waals surface area contributed by atoms with Crippen molar-refractivity contribution < 1.29 is 4.79 Å². The van der Waals surface area contributed by atoms with Gasteiger partial charge in [-0.2, -0.15) is 0 Å². The van der Waals surface area contributed by atoms with Gasteiger partial charge in [-0.15, -0.1) is 11.8 Å². The first-order chi connectivity index (χ1) is 17.2. The second-order valence-corrected chi connectivity index (χ2v) is 10.1. The zero-order valence-corrected chi connectivity index (χ0v) is 21.6. The molecule has 0 aliphatic rings. The van der Waals surface area contributed by atoms with Crippen molar-refractivity contribution in [1.82, 2.24) is 14.9 Å². The van der Waals surface area contributed by atoms with E-state index in [9.17, 15) is 4.79 Å². The highest BCUT2D eigenvalue weighted by Gasteiger charge is 2.23. The van der Waals surface area contributed by atoms with E-state index in [1.165, 1.54) is 10.5 Å². The van der Waals surface area contributed by atoms with Gasteiger partial charge in [0.1, 0.15) is 5.82 Å². The van der Waals surface area contributed by atoms with Gasteiger partial charge in [0.25, 0.3) is 0 Å². The third-order valence-electron chi connectivity index (χ3n) is 6.09. The van der Waals surface area contributed by atoms with Crippen molar-refractivity contribution in [3.63, 3.8) is 0 Å². The fraction of sp³-hybridized carbons (Fsp3) is 0.333. The molecule has 182 valence electrons. The number of thioether (sulfide) groups is 1. The summed E-state index contributed by atoms with van der Waals surface area (Å²) in [7, 11) is 0. The molecule has 0 fully saturated rings. The maximum absolute atomic E-state index is 13.1. The van der Waals surface area contributed by atoms with Gasteiger partial charge in [0.05, 0.1) is 23.5 Å². The Morgan fingerprint density at radius 2 is 1.66 bits per heavy atom. The number of imidazole rings is 1. The molecule has 1 atom stereocenters. The van der Waals surface area contributed by atoms with Crippen LogP contribution < -0.4 is 5.32 Å². The third kappa shape index (κ3) is 6.76. The van der Waals surface area contributed by atoms with E-state index in [1.54, 1.807) is 0 Å². The number of nitrogens with one attached hydrogen (secondary N) is 1. The minimum atomic E-state index is -0.204. The molecule has 1 N–H and O–H groups in total. The molecule has 4 aromatic rings. The van der Waals surface area contributed by atoms with Crippen molar-refractivity contribution in [2.45, 2.75) is 63.4 Å². The first-order valence-electron chi connectivity index (χ1n) is 12.7. The maximum atomic E-state index is 13.1. The molecule has 0 saturated heterocycles. The number of aryl methyl sites for hydroxylation is 1. The lowest BCUT2D eigenvalue weighted by atomic mass is 10.0. The van der Waals surface area contributed by atoms with E-state index in [2.05, 4.69) is 66.2 Å². The Kier molecular flexibility index (Phi) is 9.02. The highest BCUT2D eigenvalue weighted by molar-refractivity contribution is 7.99. The van der Waals surface area contributed by atoms with Crippen LogP contribution in [0.25, 0.3) is 11.0 Å². The Labute approximate surface area is 213 Å². The molecule has 4 nitrogen and oxygen atoms in total. The molecule has 1 aromatic heterocycles. The van der Waals surface area contributed by atoms with Crippen molar-refractivity contribution in [1.29, 1.82) is 0 Å². The number of nitrogens with zero attached hydrogens (tertiary/aromatic N) is 2. The van der Waals surface area contributed by atoms with Crippen LogP contribution in [0.3, 0.4) is 0 Å². The lowest BCUT2D eigenvalue weighted by molar-refractivity contribution is -0.121. The van der Waals surface area contributed by atoms with Gasteiger partial charge in [-0.1, -0.05) is 80.9 Å². The number of amides is 1. The molecule has 1 amide bonds. The van der Waals surface area contributed by atoms with Crippen LogP contribution in [-0.4, -0.2) is 21.2 Å². The minimum Gasteiger partial charge on any atom is -0.346 e. The Hall–Kier alpha value is -3.05. The van der Waals surface area contributed by atoms with Crippen LogP contribution in [0, 0.1) is 0 Å². The largest absolute Gasteiger partial charge is 0.346 e. The Balaban J connectivity index is 1.69. The number of rotatable bonds is 12. The summed E-state index contributed by atoms with van der Waals surface area (Å²) in [6.07, 6.45) is 4.38. The highest BCUT2D eigenvalue weighted by atomic mass is 32.2. The molecule has 0 aliphatic heterocycles. The second kappa shape index (κ2) is 12.6.